The number of fused-ring (bicyclic) bond motifs is 2. The molecule has 0 saturated carbocycles. The Morgan fingerprint density at radius 1 is 0.906 bits per heavy atom. The van der Waals surface area contributed by atoms with Crippen LogP contribution in [0.4, 0.5) is 0 Å². The first kappa shape index (κ1) is 22.4. The van der Waals surface area contributed by atoms with Crippen LogP contribution in [0, 0.1) is 0 Å². The Morgan fingerprint density at radius 3 is 2.22 bits per heavy atom. The highest BCUT2D eigenvalue weighted by Crippen LogP contribution is 2.48. The molecule has 0 aromatic heterocycles. The summed E-state index contributed by atoms with van der Waals surface area (Å²) in [4.78, 5) is 36.5. The van der Waals surface area contributed by atoms with Gasteiger partial charge in [-0.25, -0.2) is 4.79 Å². The second-order valence-electron chi connectivity index (χ2n) is 6.89. The van der Waals surface area contributed by atoms with Crippen LogP contribution in [0.3, 0.4) is 0 Å². The minimum absolute atomic E-state index is 0.00447. The number of aromatic hydroxyl groups is 1. The van der Waals surface area contributed by atoms with Crippen LogP contribution in [0.1, 0.15) is 27.6 Å². The van der Waals surface area contributed by atoms with Gasteiger partial charge in [0, 0.05) is 39.8 Å². The van der Waals surface area contributed by atoms with E-state index in [0.29, 0.717) is 0 Å². The zero-order valence-electron chi connectivity index (χ0n) is 15.9. The fraction of sp³-hybridized carbons (Fsp3) is 0.0455. The summed E-state index contributed by atoms with van der Waals surface area (Å²) >= 11 is 25.0. The molecule has 0 radical (unpaired) electrons. The topological polar surface area (TPSA) is 105 Å². The van der Waals surface area contributed by atoms with Crippen molar-refractivity contribution in [3.05, 3.63) is 71.8 Å². The van der Waals surface area contributed by atoms with E-state index in [2.05, 4.69) is 0 Å². The summed E-state index contributed by atoms with van der Waals surface area (Å²) in [5, 5.41) is 19.6. The van der Waals surface area contributed by atoms with Gasteiger partial charge in [-0.1, -0.05) is 46.4 Å². The average Bonchev–Trinajstić information content (AvgIpc) is 2.70. The summed E-state index contributed by atoms with van der Waals surface area (Å²) in [5.74, 6) is -2.11. The quantitative estimate of drug-likeness (QED) is 0.232. The van der Waals surface area contributed by atoms with Crippen LogP contribution in [-0.2, 0) is 0 Å². The van der Waals surface area contributed by atoms with Crippen molar-refractivity contribution < 1.29 is 24.2 Å². The molecule has 2 aromatic rings. The van der Waals surface area contributed by atoms with E-state index in [-0.39, 0.29) is 70.4 Å². The number of phenols is 1. The van der Waals surface area contributed by atoms with E-state index in [9.17, 15) is 24.6 Å². The van der Waals surface area contributed by atoms with Gasteiger partial charge in [0.1, 0.15) is 17.1 Å². The van der Waals surface area contributed by atoms with Gasteiger partial charge in [0.05, 0.1) is 25.7 Å². The lowest BCUT2D eigenvalue weighted by Crippen LogP contribution is -2.08. The highest BCUT2D eigenvalue weighted by Gasteiger charge is 2.29. The average molecular weight is 512 g/mol. The fourth-order valence-corrected chi connectivity index (χ4v) is 4.48. The molecule has 0 atom stereocenters. The van der Waals surface area contributed by atoms with Gasteiger partial charge in [-0.3, -0.25) is 9.59 Å². The van der Waals surface area contributed by atoms with Crippen molar-refractivity contribution in [3.63, 3.8) is 0 Å². The molecule has 4 rings (SSSR count). The first-order valence-electron chi connectivity index (χ1n) is 8.86. The maximum atomic E-state index is 12.2. The van der Waals surface area contributed by atoms with E-state index >= 15 is 0 Å². The summed E-state index contributed by atoms with van der Waals surface area (Å²) < 4.78 is 5.76. The Bertz CT molecular complexity index is 1510. The van der Waals surface area contributed by atoms with Crippen LogP contribution >= 0.6 is 46.4 Å². The lowest BCUT2D eigenvalue weighted by molar-refractivity contribution is 0.0697. The van der Waals surface area contributed by atoms with Crippen LogP contribution in [0.2, 0.25) is 20.1 Å². The van der Waals surface area contributed by atoms with Crippen LogP contribution in [0.5, 0.6) is 5.75 Å². The Balaban J connectivity index is 2.36. The van der Waals surface area contributed by atoms with Crippen LogP contribution in [0.25, 0.3) is 33.4 Å². The molecule has 162 valence electrons. The number of hydrogen-bond donors (Lipinski definition) is 2. The summed E-state index contributed by atoms with van der Waals surface area (Å²) in [5.41, 5.74) is -0.530. The third kappa shape index (κ3) is 3.49. The Labute approximate surface area is 199 Å². The van der Waals surface area contributed by atoms with Gasteiger partial charge >= 0.3 is 5.97 Å². The number of aromatic carboxylic acids is 1. The highest BCUT2D eigenvalue weighted by atomic mass is 35.5. The molecule has 0 bridgehead atoms. The zero-order chi connectivity index (χ0) is 23.5. The number of benzene rings is 3. The van der Waals surface area contributed by atoms with Gasteiger partial charge in [0.15, 0.2) is 5.78 Å². The molecule has 10 heteroatoms. The van der Waals surface area contributed by atoms with Crippen molar-refractivity contribution in [2.75, 3.05) is 0 Å². The number of carbonyl (C=O) groups is 2. The first-order chi connectivity index (χ1) is 15.0. The monoisotopic (exact) mass is 510 g/mol. The Hall–Kier alpha value is -2.77. The number of hydrogen-bond acceptors (Lipinski definition) is 5. The number of ketones is 1. The fourth-order valence-electron chi connectivity index (χ4n) is 3.50. The number of carboxylic acids is 1. The zero-order valence-corrected chi connectivity index (χ0v) is 18.9. The predicted octanol–water partition coefficient (Wildman–Crippen LogP) is 6.78. The summed E-state index contributed by atoms with van der Waals surface area (Å²) in [6.45, 7) is 1.26. The van der Waals surface area contributed by atoms with Gasteiger partial charge < -0.3 is 14.6 Å². The van der Waals surface area contributed by atoms with Gasteiger partial charge in [-0.2, -0.15) is 0 Å². The van der Waals surface area contributed by atoms with Crippen molar-refractivity contribution in [2.24, 2.45) is 0 Å². The van der Waals surface area contributed by atoms with Crippen molar-refractivity contribution in [2.45, 2.75) is 6.92 Å². The van der Waals surface area contributed by atoms with E-state index in [1.807, 2.05) is 0 Å². The lowest BCUT2D eigenvalue weighted by Gasteiger charge is -2.20. The molecule has 1 heterocycles. The van der Waals surface area contributed by atoms with E-state index in [0.717, 1.165) is 6.07 Å². The molecule has 0 spiro atoms. The molecule has 1 aliphatic carbocycles. The number of phenolic OH excluding ortho intramolecular Hbond substituents is 1. The summed E-state index contributed by atoms with van der Waals surface area (Å²) in [6.07, 6.45) is 0. The number of carboxylic acid groups (broad SMARTS) is 1. The summed E-state index contributed by atoms with van der Waals surface area (Å²) in [6, 6.07) is 6.16. The summed E-state index contributed by atoms with van der Waals surface area (Å²) in [7, 11) is 0. The molecule has 2 N–H and O–H groups in total. The molecule has 0 amide bonds. The van der Waals surface area contributed by atoms with E-state index in [1.165, 1.54) is 31.2 Å². The molecular weight excluding hydrogens is 502 g/mol. The molecule has 0 unspecified atom stereocenters. The minimum Gasteiger partial charge on any atom is -0.506 e. The first-order valence-corrected chi connectivity index (χ1v) is 10.4. The van der Waals surface area contributed by atoms with Crippen LogP contribution < -0.4 is 5.43 Å². The molecule has 32 heavy (non-hydrogen) atoms. The number of halogens is 4. The second-order valence-corrected chi connectivity index (χ2v) is 8.49. The number of carbonyl (C=O) groups excluding carboxylic acids is 1. The third-order valence-electron chi connectivity index (χ3n) is 4.90. The van der Waals surface area contributed by atoms with E-state index in [1.54, 1.807) is 0 Å². The predicted molar refractivity (Wildman–Crippen MR) is 123 cm³/mol. The molecule has 6 nitrogen and oxygen atoms in total. The third-order valence-corrected chi connectivity index (χ3v) is 6.19. The van der Waals surface area contributed by atoms with Gasteiger partial charge in [-0.15, -0.1) is 0 Å². The molecule has 2 aromatic carbocycles. The molecular formula is C22H10Cl4O6. The Morgan fingerprint density at radius 2 is 1.59 bits per heavy atom. The van der Waals surface area contributed by atoms with Crippen molar-refractivity contribution in [1.82, 2.24) is 0 Å². The lowest BCUT2D eigenvalue weighted by atomic mass is 9.89. The largest absolute Gasteiger partial charge is 0.506 e. The maximum absolute atomic E-state index is 12.2. The van der Waals surface area contributed by atoms with Crippen LogP contribution in [0.15, 0.2) is 39.5 Å². The van der Waals surface area contributed by atoms with E-state index in [4.69, 9.17) is 50.8 Å². The molecule has 0 fully saturated rings. The van der Waals surface area contributed by atoms with Crippen molar-refractivity contribution >= 4 is 69.1 Å². The SMILES string of the molecule is CC(=O)c1cc(Cl)c(C(=O)O)c(-c2c3cc(Cl)c(=O)cc-3oc3cc(O)c(Cl)cc23)c1Cl. The smallest absolute Gasteiger partial charge is 0.337 e. The second kappa shape index (κ2) is 7.98. The molecule has 1 aliphatic heterocycles. The highest BCUT2D eigenvalue weighted by molar-refractivity contribution is 6.42. The maximum Gasteiger partial charge on any atom is 0.337 e. The normalized spacial score (nSPS) is 11.3. The molecule has 0 saturated heterocycles. The minimum atomic E-state index is -1.40. The van der Waals surface area contributed by atoms with Crippen molar-refractivity contribution in [1.29, 1.82) is 0 Å². The number of Topliss-reactive ketones (excluding diaryl/α,β-unsaturated/α-hetero) is 1. The number of rotatable bonds is 3. The Kier molecular flexibility index (Phi) is 5.59. The van der Waals surface area contributed by atoms with E-state index < -0.39 is 17.2 Å². The molecule has 2 aliphatic rings. The van der Waals surface area contributed by atoms with Gasteiger partial charge in [0.25, 0.3) is 0 Å². The van der Waals surface area contributed by atoms with Crippen LogP contribution in [-0.4, -0.2) is 22.0 Å². The standard InChI is InChI=1S/C22H10Cl4O6/c1-7(27)8-2-13(25)19(22(30)31)20(21(8)26)18-9-3-11(23)14(28)5-16(9)32-17-6-15(29)12(24)4-10(17)18/h2-6,28H,1H3,(H,30,31). The van der Waals surface area contributed by atoms with Gasteiger partial charge in [0.2, 0.25) is 5.43 Å². The van der Waals surface area contributed by atoms with Gasteiger partial charge in [-0.05, 0) is 25.1 Å². The van der Waals surface area contributed by atoms with Crippen molar-refractivity contribution in [3.8, 4) is 28.2 Å².